The van der Waals surface area contributed by atoms with Crippen LogP contribution in [0.15, 0.2) is 51.6 Å². The predicted octanol–water partition coefficient (Wildman–Crippen LogP) is 3.39. The Labute approximate surface area is 139 Å². The number of anilines is 1. The van der Waals surface area contributed by atoms with Crippen LogP contribution in [0.1, 0.15) is 18.5 Å². The van der Waals surface area contributed by atoms with Crippen molar-refractivity contribution < 1.29 is 14.7 Å². The van der Waals surface area contributed by atoms with E-state index in [1.165, 1.54) is 23.2 Å². The Bertz CT molecular complexity index is 769. The monoisotopic (exact) mass is 378 g/mol. The number of carbonyl (C=O) groups is 2. The Morgan fingerprint density at radius 3 is 2.59 bits per heavy atom. The number of aromatic nitrogens is 1. The second-order valence-corrected chi connectivity index (χ2v) is 6.55. The summed E-state index contributed by atoms with van der Waals surface area (Å²) < 4.78 is 0.888. The van der Waals surface area contributed by atoms with E-state index in [2.05, 4.69) is 20.9 Å². The largest absolute Gasteiger partial charge is 0.503 e. The molecule has 1 aliphatic rings. The lowest BCUT2D eigenvalue weighted by Crippen LogP contribution is -2.30. The number of amides is 1. The minimum Gasteiger partial charge on any atom is -0.503 e. The van der Waals surface area contributed by atoms with Crippen LogP contribution in [-0.2, 0) is 9.59 Å². The van der Waals surface area contributed by atoms with Crippen LogP contribution in [0.5, 0.6) is 0 Å². The minimum atomic E-state index is -0.663. The summed E-state index contributed by atoms with van der Waals surface area (Å²) in [5.74, 6) is -1.44. The van der Waals surface area contributed by atoms with Crippen molar-refractivity contribution in [3.05, 3.63) is 57.2 Å². The molecule has 0 spiro atoms. The highest BCUT2D eigenvalue weighted by atomic mass is 79.9. The molecule has 1 N–H and O–H groups in total. The summed E-state index contributed by atoms with van der Waals surface area (Å²) in [4.78, 5) is 29.8. The third kappa shape index (κ3) is 2.36. The number of Topliss-reactive ketones (excluding diaryl/α,β-unsaturated/α-hetero) is 1. The summed E-state index contributed by atoms with van der Waals surface area (Å²) in [6, 6.07) is 6.61. The van der Waals surface area contributed by atoms with E-state index >= 15 is 0 Å². The zero-order chi connectivity index (χ0) is 15.9. The number of benzene rings is 1. The number of hydrogen-bond donors (Lipinski definition) is 1. The summed E-state index contributed by atoms with van der Waals surface area (Å²) in [5.41, 5.74) is 0.837. The quantitative estimate of drug-likeness (QED) is 0.888. The van der Waals surface area contributed by atoms with Crippen LogP contribution in [0.3, 0.4) is 0 Å². The normalized spacial score (nSPS) is 18.2. The van der Waals surface area contributed by atoms with Gasteiger partial charge in [0.1, 0.15) is 0 Å². The predicted molar refractivity (Wildman–Crippen MR) is 86.8 cm³/mol. The summed E-state index contributed by atoms with van der Waals surface area (Å²) in [6.07, 6.45) is 1.58. The molecule has 1 amide bonds. The fourth-order valence-electron chi connectivity index (χ4n) is 2.46. The van der Waals surface area contributed by atoms with Crippen molar-refractivity contribution in [2.75, 3.05) is 4.90 Å². The maximum atomic E-state index is 12.4. The number of halogens is 1. The van der Waals surface area contributed by atoms with E-state index in [0.29, 0.717) is 5.13 Å². The van der Waals surface area contributed by atoms with Gasteiger partial charge in [-0.25, -0.2) is 4.98 Å². The van der Waals surface area contributed by atoms with Crippen LogP contribution in [-0.4, -0.2) is 21.8 Å². The fourth-order valence-corrected chi connectivity index (χ4v) is 3.39. The van der Waals surface area contributed by atoms with Crippen molar-refractivity contribution in [3.63, 3.8) is 0 Å². The molecule has 1 aliphatic heterocycles. The molecule has 0 radical (unpaired) electrons. The summed E-state index contributed by atoms with van der Waals surface area (Å²) >= 11 is 4.63. The van der Waals surface area contributed by atoms with Crippen LogP contribution in [0.25, 0.3) is 0 Å². The SMILES string of the molecule is CC(=O)C1=C(O)C(=O)N(c2nccs2)C1c1ccc(Br)cc1. The molecule has 1 aromatic carbocycles. The Hall–Kier alpha value is -1.99. The molecule has 0 saturated carbocycles. The highest BCUT2D eigenvalue weighted by Crippen LogP contribution is 2.41. The molecule has 2 aromatic rings. The van der Waals surface area contributed by atoms with E-state index in [4.69, 9.17) is 0 Å². The molecule has 7 heteroatoms. The van der Waals surface area contributed by atoms with Gasteiger partial charge >= 0.3 is 0 Å². The molecule has 0 saturated heterocycles. The zero-order valence-corrected chi connectivity index (χ0v) is 13.9. The van der Waals surface area contributed by atoms with Crippen molar-refractivity contribution in [2.45, 2.75) is 13.0 Å². The molecule has 2 heterocycles. The topological polar surface area (TPSA) is 70.5 Å². The number of thiazole rings is 1. The van der Waals surface area contributed by atoms with E-state index in [0.717, 1.165) is 10.0 Å². The molecule has 0 bridgehead atoms. The van der Waals surface area contributed by atoms with Crippen LogP contribution in [0, 0.1) is 0 Å². The second-order valence-electron chi connectivity index (χ2n) is 4.76. The van der Waals surface area contributed by atoms with E-state index in [1.807, 2.05) is 24.3 Å². The lowest BCUT2D eigenvalue weighted by atomic mass is 9.97. The smallest absolute Gasteiger partial charge is 0.296 e. The van der Waals surface area contributed by atoms with Gasteiger partial charge in [-0.2, -0.15) is 0 Å². The molecule has 0 aliphatic carbocycles. The molecule has 3 rings (SSSR count). The number of ketones is 1. The van der Waals surface area contributed by atoms with Crippen LogP contribution in [0.2, 0.25) is 0 Å². The van der Waals surface area contributed by atoms with E-state index in [9.17, 15) is 14.7 Å². The average molecular weight is 379 g/mol. The molecule has 22 heavy (non-hydrogen) atoms. The van der Waals surface area contributed by atoms with Crippen molar-refractivity contribution in [1.29, 1.82) is 0 Å². The first-order valence-electron chi connectivity index (χ1n) is 6.43. The zero-order valence-electron chi connectivity index (χ0n) is 11.5. The van der Waals surface area contributed by atoms with E-state index < -0.39 is 17.7 Å². The summed E-state index contributed by atoms with van der Waals surface area (Å²) in [5, 5.41) is 12.3. The Morgan fingerprint density at radius 1 is 1.36 bits per heavy atom. The van der Waals surface area contributed by atoms with Crippen LogP contribution >= 0.6 is 27.3 Å². The number of nitrogens with zero attached hydrogens (tertiary/aromatic N) is 2. The van der Waals surface area contributed by atoms with E-state index in [-0.39, 0.29) is 11.4 Å². The summed E-state index contributed by atoms with van der Waals surface area (Å²) in [7, 11) is 0. The maximum Gasteiger partial charge on any atom is 0.296 e. The number of hydrogen-bond acceptors (Lipinski definition) is 5. The van der Waals surface area contributed by atoms with Gasteiger partial charge in [-0.15, -0.1) is 11.3 Å². The third-order valence-electron chi connectivity index (χ3n) is 3.40. The lowest BCUT2D eigenvalue weighted by Gasteiger charge is -2.24. The van der Waals surface area contributed by atoms with Crippen LogP contribution < -0.4 is 4.90 Å². The highest BCUT2D eigenvalue weighted by molar-refractivity contribution is 9.10. The number of aliphatic hydroxyl groups excluding tert-OH is 1. The van der Waals surface area contributed by atoms with Gasteiger partial charge in [0.15, 0.2) is 16.7 Å². The van der Waals surface area contributed by atoms with E-state index in [1.54, 1.807) is 11.6 Å². The first-order chi connectivity index (χ1) is 10.5. The van der Waals surface area contributed by atoms with Gasteiger partial charge in [0.2, 0.25) is 0 Å². The third-order valence-corrected chi connectivity index (χ3v) is 4.70. The number of carbonyl (C=O) groups excluding carboxylic acids is 2. The van der Waals surface area contributed by atoms with Gasteiger partial charge in [0.25, 0.3) is 5.91 Å². The van der Waals surface area contributed by atoms with Crippen molar-refractivity contribution >= 4 is 44.1 Å². The first kappa shape index (κ1) is 14.9. The van der Waals surface area contributed by atoms with Gasteiger partial charge in [-0.1, -0.05) is 28.1 Å². The molecule has 1 aromatic heterocycles. The molecule has 5 nitrogen and oxygen atoms in total. The first-order valence-corrected chi connectivity index (χ1v) is 8.10. The fraction of sp³-hybridized carbons (Fsp3) is 0.133. The minimum absolute atomic E-state index is 0.0996. The molecule has 1 unspecified atom stereocenters. The Balaban J connectivity index is 2.16. The Kier molecular flexibility index (Phi) is 3.84. The van der Waals surface area contributed by atoms with Gasteiger partial charge in [0, 0.05) is 16.0 Å². The average Bonchev–Trinajstić information content (AvgIpc) is 3.08. The molecule has 1 atom stereocenters. The lowest BCUT2D eigenvalue weighted by molar-refractivity contribution is -0.117. The maximum absolute atomic E-state index is 12.4. The number of aliphatic hydroxyl groups is 1. The van der Waals surface area contributed by atoms with Crippen molar-refractivity contribution in [3.8, 4) is 0 Å². The molecule has 0 fully saturated rings. The van der Waals surface area contributed by atoms with Gasteiger partial charge < -0.3 is 5.11 Å². The molecular formula is C15H11BrN2O3S. The van der Waals surface area contributed by atoms with Gasteiger partial charge in [-0.3, -0.25) is 14.5 Å². The number of rotatable bonds is 3. The standard InChI is InChI=1S/C15H11BrN2O3S/c1-8(19)11-12(9-2-4-10(16)5-3-9)18(14(21)13(11)20)15-17-6-7-22-15/h2-7,12,20H,1H3. The molecule has 112 valence electrons. The highest BCUT2D eigenvalue weighted by Gasteiger charge is 2.44. The van der Waals surface area contributed by atoms with Gasteiger partial charge in [-0.05, 0) is 24.6 Å². The van der Waals surface area contributed by atoms with Crippen molar-refractivity contribution in [1.82, 2.24) is 4.98 Å². The Morgan fingerprint density at radius 2 is 2.05 bits per heavy atom. The second kappa shape index (κ2) is 5.66. The van der Waals surface area contributed by atoms with Crippen LogP contribution in [0.4, 0.5) is 5.13 Å². The summed E-state index contributed by atoms with van der Waals surface area (Å²) in [6.45, 7) is 1.34. The molecular weight excluding hydrogens is 368 g/mol. The van der Waals surface area contributed by atoms with Gasteiger partial charge in [0.05, 0.1) is 11.6 Å². The van der Waals surface area contributed by atoms with Crippen molar-refractivity contribution in [2.24, 2.45) is 0 Å².